The molecule has 1 aromatic rings. The fourth-order valence-corrected chi connectivity index (χ4v) is 0.908. The molecule has 0 atom stereocenters. The van der Waals surface area contributed by atoms with E-state index in [4.69, 9.17) is 0 Å². The standard InChI is InChI=1S/C6H4F2S2/c7-4-1-3(9)2-5(8)6(4)10/h1-2,9-10H. The lowest BCUT2D eigenvalue weighted by molar-refractivity contribution is 0.536. The van der Waals surface area contributed by atoms with Gasteiger partial charge in [-0.1, -0.05) is 0 Å². The first kappa shape index (κ1) is 7.88. The molecule has 1 aromatic carbocycles. The topological polar surface area (TPSA) is 0 Å². The maximum atomic E-state index is 12.5. The van der Waals surface area contributed by atoms with Crippen LogP contribution in [0.15, 0.2) is 21.9 Å². The Balaban J connectivity index is 3.31. The van der Waals surface area contributed by atoms with E-state index in [2.05, 4.69) is 25.3 Å². The summed E-state index contributed by atoms with van der Waals surface area (Å²) in [6.45, 7) is 0. The van der Waals surface area contributed by atoms with Gasteiger partial charge in [-0.2, -0.15) is 0 Å². The van der Waals surface area contributed by atoms with E-state index in [0.717, 1.165) is 12.1 Å². The van der Waals surface area contributed by atoms with Gasteiger partial charge in [-0.3, -0.25) is 0 Å². The maximum absolute atomic E-state index is 12.5. The second-order valence-corrected chi connectivity index (χ2v) is 2.72. The average Bonchev–Trinajstić information content (AvgIpc) is 1.82. The second-order valence-electron chi connectivity index (χ2n) is 1.76. The predicted molar refractivity (Wildman–Crippen MR) is 40.9 cm³/mol. The number of hydrogen-bond donors (Lipinski definition) is 2. The predicted octanol–water partition coefficient (Wildman–Crippen LogP) is 2.54. The molecular weight excluding hydrogens is 174 g/mol. The van der Waals surface area contributed by atoms with Crippen LogP contribution in [0, 0.1) is 11.6 Å². The number of halogens is 2. The molecule has 0 bridgehead atoms. The summed E-state index contributed by atoms with van der Waals surface area (Å²) in [5.74, 6) is -1.37. The van der Waals surface area contributed by atoms with Gasteiger partial charge in [-0.05, 0) is 12.1 Å². The molecule has 0 heterocycles. The van der Waals surface area contributed by atoms with E-state index < -0.39 is 11.6 Å². The van der Waals surface area contributed by atoms with Crippen molar-refractivity contribution in [3.8, 4) is 0 Å². The van der Waals surface area contributed by atoms with Crippen molar-refractivity contribution in [2.45, 2.75) is 9.79 Å². The molecule has 0 aromatic heterocycles. The molecule has 0 aliphatic heterocycles. The largest absolute Gasteiger partial charge is 0.206 e. The van der Waals surface area contributed by atoms with Gasteiger partial charge in [0.05, 0.1) is 4.90 Å². The Morgan fingerprint density at radius 1 is 1.00 bits per heavy atom. The van der Waals surface area contributed by atoms with E-state index in [1.54, 1.807) is 0 Å². The zero-order valence-corrected chi connectivity index (χ0v) is 6.59. The Bertz CT molecular complexity index is 237. The highest BCUT2D eigenvalue weighted by Gasteiger charge is 2.04. The highest BCUT2D eigenvalue weighted by molar-refractivity contribution is 7.80. The van der Waals surface area contributed by atoms with E-state index in [0.29, 0.717) is 0 Å². The van der Waals surface area contributed by atoms with Crippen molar-refractivity contribution >= 4 is 25.3 Å². The average molecular weight is 178 g/mol. The first-order valence-electron chi connectivity index (χ1n) is 2.48. The van der Waals surface area contributed by atoms with Crippen molar-refractivity contribution in [3.63, 3.8) is 0 Å². The SMILES string of the molecule is Fc1cc(S)cc(F)c1S. The summed E-state index contributed by atoms with van der Waals surface area (Å²) in [5.41, 5.74) is 0. The molecule has 0 aliphatic carbocycles. The first-order chi connectivity index (χ1) is 4.61. The van der Waals surface area contributed by atoms with Crippen LogP contribution in [-0.2, 0) is 0 Å². The van der Waals surface area contributed by atoms with Gasteiger partial charge in [-0.25, -0.2) is 8.78 Å². The van der Waals surface area contributed by atoms with Crippen molar-refractivity contribution in [3.05, 3.63) is 23.8 Å². The molecule has 54 valence electrons. The molecule has 0 saturated carbocycles. The van der Waals surface area contributed by atoms with Crippen molar-refractivity contribution in [2.75, 3.05) is 0 Å². The summed E-state index contributed by atoms with van der Waals surface area (Å²) in [6, 6.07) is 2.21. The van der Waals surface area contributed by atoms with Crippen molar-refractivity contribution in [1.29, 1.82) is 0 Å². The van der Waals surface area contributed by atoms with Gasteiger partial charge in [-0.15, -0.1) is 25.3 Å². The third-order valence-electron chi connectivity index (χ3n) is 1.00. The number of rotatable bonds is 0. The molecule has 0 fully saturated rings. The minimum Gasteiger partial charge on any atom is -0.206 e. The highest BCUT2D eigenvalue weighted by atomic mass is 32.1. The van der Waals surface area contributed by atoms with Gasteiger partial charge in [0.25, 0.3) is 0 Å². The number of hydrogen-bond acceptors (Lipinski definition) is 2. The number of benzene rings is 1. The maximum Gasteiger partial charge on any atom is 0.140 e. The zero-order valence-electron chi connectivity index (χ0n) is 4.81. The molecule has 0 spiro atoms. The van der Waals surface area contributed by atoms with Gasteiger partial charge in [0, 0.05) is 4.90 Å². The van der Waals surface area contributed by atoms with E-state index >= 15 is 0 Å². The molecule has 0 unspecified atom stereocenters. The molecule has 0 nitrogen and oxygen atoms in total. The summed E-state index contributed by atoms with van der Waals surface area (Å²) >= 11 is 7.33. The van der Waals surface area contributed by atoms with Gasteiger partial charge >= 0.3 is 0 Å². The quantitative estimate of drug-likeness (QED) is 0.560. The summed E-state index contributed by atoms with van der Waals surface area (Å²) in [4.78, 5) is -0.00870. The van der Waals surface area contributed by atoms with Gasteiger partial charge in [0.15, 0.2) is 0 Å². The van der Waals surface area contributed by atoms with Crippen LogP contribution >= 0.6 is 25.3 Å². The zero-order chi connectivity index (χ0) is 7.72. The molecule has 4 heteroatoms. The molecule has 0 N–H and O–H groups in total. The van der Waals surface area contributed by atoms with Gasteiger partial charge in [0.2, 0.25) is 0 Å². The van der Waals surface area contributed by atoms with Crippen LogP contribution in [0.25, 0.3) is 0 Å². The molecule has 0 aliphatic rings. The van der Waals surface area contributed by atoms with E-state index in [1.807, 2.05) is 0 Å². The Hall–Kier alpha value is -0.220. The highest BCUT2D eigenvalue weighted by Crippen LogP contribution is 2.20. The van der Waals surface area contributed by atoms with E-state index in [1.165, 1.54) is 0 Å². The molecule has 0 amide bonds. The van der Waals surface area contributed by atoms with Gasteiger partial charge < -0.3 is 0 Å². The Labute approximate surface area is 68.1 Å². The third-order valence-corrected chi connectivity index (χ3v) is 1.69. The molecule has 10 heavy (non-hydrogen) atoms. The van der Waals surface area contributed by atoms with Gasteiger partial charge in [0.1, 0.15) is 11.6 Å². The summed E-state index contributed by atoms with van der Waals surface area (Å²) in [7, 11) is 0. The lowest BCUT2D eigenvalue weighted by atomic mass is 10.3. The lowest BCUT2D eigenvalue weighted by Crippen LogP contribution is -1.83. The molecular formula is C6H4F2S2. The van der Waals surface area contributed by atoms with E-state index in [9.17, 15) is 8.78 Å². The van der Waals surface area contributed by atoms with Crippen LogP contribution in [0.1, 0.15) is 0 Å². The molecule has 0 saturated heterocycles. The fraction of sp³-hybridized carbons (Fsp3) is 0. The summed E-state index contributed by atoms with van der Waals surface area (Å²) < 4.78 is 25.0. The minimum atomic E-state index is -0.687. The lowest BCUT2D eigenvalue weighted by Gasteiger charge is -1.97. The van der Waals surface area contributed by atoms with Crippen molar-refractivity contribution in [2.24, 2.45) is 0 Å². The second kappa shape index (κ2) is 2.80. The molecule has 1 rings (SSSR count). The fourth-order valence-electron chi connectivity index (χ4n) is 0.552. The van der Waals surface area contributed by atoms with Crippen LogP contribution in [0.3, 0.4) is 0 Å². The summed E-state index contributed by atoms with van der Waals surface area (Å²) in [5, 5.41) is 0. The Kier molecular flexibility index (Phi) is 2.21. The molecule has 0 radical (unpaired) electrons. The first-order valence-corrected chi connectivity index (χ1v) is 3.37. The third kappa shape index (κ3) is 1.44. The van der Waals surface area contributed by atoms with Crippen LogP contribution in [-0.4, -0.2) is 0 Å². The van der Waals surface area contributed by atoms with Crippen molar-refractivity contribution < 1.29 is 8.78 Å². The summed E-state index contributed by atoms with van der Waals surface area (Å²) in [6.07, 6.45) is 0. The van der Waals surface area contributed by atoms with E-state index in [-0.39, 0.29) is 9.79 Å². The van der Waals surface area contributed by atoms with Crippen LogP contribution in [0.4, 0.5) is 8.78 Å². The number of thiol groups is 2. The normalized spacial score (nSPS) is 10.0. The Morgan fingerprint density at radius 3 is 1.80 bits per heavy atom. The van der Waals surface area contributed by atoms with Crippen LogP contribution in [0.2, 0.25) is 0 Å². The van der Waals surface area contributed by atoms with Crippen LogP contribution < -0.4 is 0 Å². The smallest absolute Gasteiger partial charge is 0.140 e. The van der Waals surface area contributed by atoms with Crippen molar-refractivity contribution in [1.82, 2.24) is 0 Å². The Morgan fingerprint density at radius 2 is 1.40 bits per heavy atom. The minimum absolute atomic E-state index is 0.257. The monoisotopic (exact) mass is 178 g/mol. The van der Waals surface area contributed by atoms with Crippen LogP contribution in [0.5, 0.6) is 0 Å².